The van der Waals surface area contributed by atoms with Gasteiger partial charge < -0.3 is 0 Å². The molecule has 106 valence electrons. The van der Waals surface area contributed by atoms with Crippen LogP contribution in [0.1, 0.15) is 5.56 Å². The van der Waals surface area contributed by atoms with Crippen LogP contribution in [0, 0.1) is 6.92 Å². The molecule has 4 nitrogen and oxygen atoms in total. The molecule has 0 atom stereocenters. The van der Waals surface area contributed by atoms with Crippen LogP contribution < -0.4 is 4.72 Å². The Labute approximate surface area is 123 Å². The summed E-state index contributed by atoms with van der Waals surface area (Å²) < 4.78 is 27.7. The van der Waals surface area contributed by atoms with E-state index in [0.29, 0.717) is 11.2 Å². The van der Waals surface area contributed by atoms with E-state index in [-0.39, 0.29) is 4.90 Å². The van der Waals surface area contributed by atoms with Crippen molar-refractivity contribution in [2.75, 3.05) is 4.72 Å². The Morgan fingerprint density at radius 3 is 2.52 bits per heavy atom. The van der Waals surface area contributed by atoms with Crippen molar-refractivity contribution in [2.45, 2.75) is 11.8 Å². The number of hydrogen-bond donors (Lipinski definition) is 1. The lowest BCUT2D eigenvalue weighted by Gasteiger charge is -2.10. The van der Waals surface area contributed by atoms with Crippen molar-refractivity contribution in [1.82, 2.24) is 4.98 Å². The molecule has 3 aromatic rings. The Morgan fingerprint density at radius 1 is 1.00 bits per heavy atom. The van der Waals surface area contributed by atoms with Gasteiger partial charge in [-0.25, -0.2) is 8.42 Å². The molecule has 1 N–H and O–H groups in total. The number of pyridine rings is 1. The van der Waals surface area contributed by atoms with Crippen LogP contribution in [-0.4, -0.2) is 13.4 Å². The minimum absolute atomic E-state index is 0.184. The monoisotopic (exact) mass is 298 g/mol. The molecule has 0 aliphatic heterocycles. The maximum Gasteiger partial charge on any atom is 0.264 e. The van der Waals surface area contributed by atoms with Crippen molar-refractivity contribution in [2.24, 2.45) is 0 Å². The molecule has 0 radical (unpaired) electrons. The zero-order valence-electron chi connectivity index (χ0n) is 11.4. The summed E-state index contributed by atoms with van der Waals surface area (Å²) in [5, 5.41) is 0.811. The Hall–Kier alpha value is -2.40. The summed E-state index contributed by atoms with van der Waals surface area (Å²) in [4.78, 5) is 4.45. The third kappa shape index (κ3) is 2.73. The SMILES string of the molecule is Cc1cnc2c(S(=O)(=O)Nc3ccccc3)cccc2c1. The summed E-state index contributed by atoms with van der Waals surface area (Å²) in [5.41, 5.74) is 2.00. The second kappa shape index (κ2) is 5.18. The molecule has 0 amide bonds. The highest BCUT2D eigenvalue weighted by Crippen LogP contribution is 2.23. The molecule has 0 aliphatic rings. The van der Waals surface area contributed by atoms with Crippen LogP contribution in [0.2, 0.25) is 0 Å². The number of nitrogens with zero attached hydrogens (tertiary/aromatic N) is 1. The summed E-state index contributed by atoms with van der Waals surface area (Å²) in [5.74, 6) is 0. The molecule has 0 bridgehead atoms. The van der Waals surface area contributed by atoms with Crippen LogP contribution in [0.25, 0.3) is 10.9 Å². The van der Waals surface area contributed by atoms with E-state index in [1.807, 2.05) is 25.1 Å². The molecule has 0 spiro atoms. The van der Waals surface area contributed by atoms with E-state index < -0.39 is 10.0 Å². The number of hydrogen-bond acceptors (Lipinski definition) is 3. The lowest BCUT2D eigenvalue weighted by molar-refractivity contribution is 0.602. The number of nitrogens with one attached hydrogen (secondary N) is 1. The Morgan fingerprint density at radius 2 is 1.76 bits per heavy atom. The van der Waals surface area contributed by atoms with Gasteiger partial charge in [-0.2, -0.15) is 0 Å². The van der Waals surface area contributed by atoms with Gasteiger partial charge in [-0.3, -0.25) is 9.71 Å². The van der Waals surface area contributed by atoms with E-state index in [1.54, 1.807) is 42.6 Å². The minimum atomic E-state index is -3.67. The fourth-order valence-corrected chi connectivity index (χ4v) is 3.42. The van der Waals surface area contributed by atoms with E-state index in [2.05, 4.69) is 9.71 Å². The van der Waals surface area contributed by atoms with Gasteiger partial charge in [0.05, 0.1) is 5.52 Å². The molecule has 3 rings (SSSR count). The van der Waals surface area contributed by atoms with Gasteiger partial charge in [-0.05, 0) is 36.8 Å². The largest absolute Gasteiger partial charge is 0.280 e. The topological polar surface area (TPSA) is 59.1 Å². The van der Waals surface area contributed by atoms with Crippen LogP contribution in [0.3, 0.4) is 0 Å². The van der Waals surface area contributed by atoms with Gasteiger partial charge in [-0.1, -0.05) is 30.3 Å². The maximum atomic E-state index is 12.5. The third-order valence-electron chi connectivity index (χ3n) is 3.13. The highest BCUT2D eigenvalue weighted by Gasteiger charge is 2.18. The summed E-state index contributed by atoms with van der Waals surface area (Å²) in [7, 11) is -3.67. The van der Waals surface area contributed by atoms with Gasteiger partial charge in [0.25, 0.3) is 10.0 Å². The second-order valence-corrected chi connectivity index (χ2v) is 6.46. The standard InChI is InChI=1S/C16H14N2O2S/c1-12-10-13-6-5-9-15(16(13)17-11-12)21(19,20)18-14-7-3-2-4-8-14/h2-11,18H,1H3. The van der Waals surface area contributed by atoms with Crippen molar-refractivity contribution in [3.8, 4) is 0 Å². The minimum Gasteiger partial charge on any atom is -0.280 e. The van der Waals surface area contributed by atoms with Gasteiger partial charge in [0.15, 0.2) is 0 Å². The van der Waals surface area contributed by atoms with Crippen LogP contribution in [0.5, 0.6) is 0 Å². The van der Waals surface area contributed by atoms with E-state index in [4.69, 9.17) is 0 Å². The summed E-state index contributed by atoms with van der Waals surface area (Å²) >= 11 is 0. The molecule has 0 unspecified atom stereocenters. The third-order valence-corrected chi connectivity index (χ3v) is 4.54. The number of para-hydroxylation sites is 2. The molecule has 0 fully saturated rings. The highest BCUT2D eigenvalue weighted by molar-refractivity contribution is 7.93. The average molecular weight is 298 g/mol. The quantitative estimate of drug-likeness (QED) is 0.806. The van der Waals surface area contributed by atoms with Crippen LogP contribution in [0.4, 0.5) is 5.69 Å². The number of aryl methyl sites for hydroxylation is 1. The zero-order chi connectivity index (χ0) is 14.9. The molecule has 5 heteroatoms. The fraction of sp³-hybridized carbons (Fsp3) is 0.0625. The first-order valence-electron chi connectivity index (χ1n) is 6.49. The van der Waals surface area contributed by atoms with Crippen LogP contribution in [0.15, 0.2) is 65.7 Å². The van der Waals surface area contributed by atoms with Gasteiger partial charge in [0, 0.05) is 17.3 Å². The second-order valence-electron chi connectivity index (χ2n) is 4.81. The van der Waals surface area contributed by atoms with Gasteiger partial charge in [-0.15, -0.1) is 0 Å². The summed E-state index contributed by atoms with van der Waals surface area (Å²) in [6.07, 6.45) is 1.67. The van der Waals surface area contributed by atoms with Crippen molar-refractivity contribution >= 4 is 26.6 Å². The first-order chi connectivity index (χ1) is 10.1. The average Bonchev–Trinajstić information content (AvgIpc) is 2.47. The number of sulfonamides is 1. The molecule has 1 heterocycles. The number of fused-ring (bicyclic) bond motifs is 1. The Kier molecular flexibility index (Phi) is 3.35. The van der Waals surface area contributed by atoms with E-state index in [0.717, 1.165) is 10.9 Å². The molecular weight excluding hydrogens is 284 g/mol. The van der Waals surface area contributed by atoms with E-state index in [1.165, 1.54) is 0 Å². The number of benzene rings is 2. The molecule has 21 heavy (non-hydrogen) atoms. The number of anilines is 1. The molecule has 0 saturated heterocycles. The maximum absolute atomic E-state index is 12.5. The first-order valence-corrected chi connectivity index (χ1v) is 7.98. The van der Waals surface area contributed by atoms with Gasteiger partial charge in [0.2, 0.25) is 0 Å². The predicted octanol–water partition coefficient (Wildman–Crippen LogP) is 3.34. The number of rotatable bonds is 3. The Balaban J connectivity index is 2.11. The van der Waals surface area contributed by atoms with Crippen molar-refractivity contribution in [1.29, 1.82) is 0 Å². The zero-order valence-corrected chi connectivity index (χ0v) is 12.3. The van der Waals surface area contributed by atoms with Crippen LogP contribution in [-0.2, 0) is 10.0 Å². The van der Waals surface area contributed by atoms with Crippen molar-refractivity contribution in [3.05, 3.63) is 66.4 Å². The predicted molar refractivity (Wildman–Crippen MR) is 83.7 cm³/mol. The smallest absolute Gasteiger partial charge is 0.264 e. The van der Waals surface area contributed by atoms with Crippen molar-refractivity contribution < 1.29 is 8.42 Å². The molecule has 2 aromatic carbocycles. The van der Waals surface area contributed by atoms with E-state index >= 15 is 0 Å². The summed E-state index contributed by atoms with van der Waals surface area (Å²) in [6.45, 7) is 1.93. The molecule has 0 saturated carbocycles. The van der Waals surface area contributed by atoms with Gasteiger partial charge in [0.1, 0.15) is 4.90 Å². The lowest BCUT2D eigenvalue weighted by atomic mass is 10.2. The molecule has 1 aromatic heterocycles. The van der Waals surface area contributed by atoms with Crippen molar-refractivity contribution in [3.63, 3.8) is 0 Å². The Bertz CT molecular complexity index is 891. The number of aromatic nitrogens is 1. The lowest BCUT2D eigenvalue weighted by Crippen LogP contribution is -2.13. The molecule has 0 aliphatic carbocycles. The van der Waals surface area contributed by atoms with Crippen LogP contribution >= 0.6 is 0 Å². The first kappa shape index (κ1) is 13.6. The normalized spacial score (nSPS) is 11.5. The highest BCUT2D eigenvalue weighted by atomic mass is 32.2. The summed E-state index contributed by atoms with van der Waals surface area (Å²) in [6, 6.07) is 15.9. The van der Waals surface area contributed by atoms with Gasteiger partial charge >= 0.3 is 0 Å². The fourth-order valence-electron chi connectivity index (χ4n) is 2.18. The molecular formula is C16H14N2O2S. The van der Waals surface area contributed by atoms with E-state index in [9.17, 15) is 8.42 Å².